The number of benzene rings is 3. The Labute approximate surface area is 226 Å². The topological polar surface area (TPSA) is 103 Å². The van der Waals surface area contributed by atoms with Crippen LogP contribution >= 0.6 is 11.6 Å². The predicted octanol–water partition coefficient (Wildman–Crippen LogP) is 6.38. The van der Waals surface area contributed by atoms with Gasteiger partial charge >= 0.3 is 0 Å². The number of hydrogen-bond donors (Lipinski definition) is 2. The van der Waals surface area contributed by atoms with E-state index in [-0.39, 0.29) is 12.4 Å². The third-order valence-corrected chi connectivity index (χ3v) is 6.93. The minimum Gasteiger partial charge on any atom is -0.487 e. The van der Waals surface area contributed by atoms with Crippen molar-refractivity contribution in [1.82, 2.24) is 9.97 Å². The predicted molar refractivity (Wildman–Crippen MR) is 149 cm³/mol. The van der Waals surface area contributed by atoms with E-state index >= 15 is 0 Å². The molecule has 0 saturated heterocycles. The number of fused-ring (bicyclic) bond motifs is 1. The first-order chi connectivity index (χ1) is 18.4. The molecule has 194 valence electrons. The Hall–Kier alpha value is -3.79. The summed E-state index contributed by atoms with van der Waals surface area (Å²) in [5.74, 6) is 2.29. The summed E-state index contributed by atoms with van der Waals surface area (Å²) in [5.41, 5.74) is 9.10. The van der Waals surface area contributed by atoms with Crippen LogP contribution in [0, 0.1) is 5.82 Å². The van der Waals surface area contributed by atoms with Crippen molar-refractivity contribution in [3.8, 4) is 17.1 Å². The summed E-state index contributed by atoms with van der Waals surface area (Å²) in [7, 11) is -1.03. The lowest BCUT2D eigenvalue weighted by molar-refractivity contribution is 0.306. The highest BCUT2D eigenvalue weighted by molar-refractivity contribution is 7.84. The molecule has 0 aliphatic rings. The van der Waals surface area contributed by atoms with Crippen molar-refractivity contribution in [2.24, 2.45) is 5.73 Å². The number of furan rings is 1. The van der Waals surface area contributed by atoms with Gasteiger partial charge in [-0.3, -0.25) is 4.21 Å². The van der Waals surface area contributed by atoms with Crippen LogP contribution < -0.4 is 15.8 Å². The number of anilines is 2. The molecule has 0 radical (unpaired) electrons. The molecular weight excluding hydrogens is 527 g/mol. The van der Waals surface area contributed by atoms with Gasteiger partial charge in [0.25, 0.3) is 0 Å². The second-order valence-corrected chi connectivity index (χ2v) is 10.6. The van der Waals surface area contributed by atoms with Gasteiger partial charge in [-0.15, -0.1) is 0 Å². The van der Waals surface area contributed by atoms with Gasteiger partial charge in [-0.05, 0) is 66.2 Å². The van der Waals surface area contributed by atoms with Gasteiger partial charge in [-0.25, -0.2) is 14.4 Å². The highest BCUT2D eigenvalue weighted by atomic mass is 35.5. The van der Waals surface area contributed by atoms with Crippen molar-refractivity contribution in [2.45, 2.75) is 12.6 Å². The Kier molecular flexibility index (Phi) is 7.69. The number of aromatic nitrogens is 2. The number of nitrogens with zero attached hydrogens (tertiary/aromatic N) is 2. The molecule has 2 aromatic heterocycles. The van der Waals surface area contributed by atoms with E-state index < -0.39 is 16.8 Å². The monoisotopic (exact) mass is 550 g/mol. The first-order valence-corrected chi connectivity index (χ1v) is 13.8. The third kappa shape index (κ3) is 6.02. The average molecular weight is 551 g/mol. The number of nitrogens with one attached hydrogen (secondary N) is 1. The van der Waals surface area contributed by atoms with Crippen LogP contribution in [0.4, 0.5) is 15.9 Å². The molecule has 5 aromatic rings. The fraction of sp³-hybridized carbons (Fsp3) is 0.143. The molecule has 0 saturated carbocycles. The lowest BCUT2D eigenvalue weighted by Crippen LogP contribution is -2.16. The van der Waals surface area contributed by atoms with E-state index in [1.54, 1.807) is 36.6 Å². The first-order valence-electron chi connectivity index (χ1n) is 11.7. The molecule has 0 fully saturated rings. The standard InChI is InChI=1S/C28H24ClFN4O3S/c1-38(35)15-23(31)27-10-9-25(37-27)18-5-7-24-21(12-18)28(33-16-32-24)34-20-6-8-26(22(29)13-20)36-14-17-3-2-4-19(30)11-17/h2-13,16,23H,14-15,31H2,1H3,(H,32,33,34)/t23?,38-/m1/s1. The van der Waals surface area contributed by atoms with Crippen molar-refractivity contribution in [2.75, 3.05) is 17.3 Å². The summed E-state index contributed by atoms with van der Waals surface area (Å²) in [4.78, 5) is 8.79. The molecule has 2 atom stereocenters. The van der Waals surface area contributed by atoms with Gasteiger partial charge in [0, 0.05) is 39.4 Å². The van der Waals surface area contributed by atoms with Crippen molar-refractivity contribution in [1.29, 1.82) is 0 Å². The van der Waals surface area contributed by atoms with E-state index in [9.17, 15) is 8.60 Å². The van der Waals surface area contributed by atoms with Gasteiger partial charge in [0.1, 0.15) is 41.8 Å². The van der Waals surface area contributed by atoms with Gasteiger partial charge in [-0.2, -0.15) is 0 Å². The summed E-state index contributed by atoms with van der Waals surface area (Å²) in [6.07, 6.45) is 3.10. The lowest BCUT2D eigenvalue weighted by atomic mass is 10.1. The number of ether oxygens (including phenoxy) is 1. The van der Waals surface area contributed by atoms with Crippen molar-refractivity contribution >= 4 is 44.8 Å². The first kappa shape index (κ1) is 25.8. The highest BCUT2D eigenvalue weighted by Gasteiger charge is 2.15. The summed E-state index contributed by atoms with van der Waals surface area (Å²) in [6.45, 7) is 0.194. The van der Waals surface area contributed by atoms with E-state index in [0.29, 0.717) is 45.1 Å². The maximum atomic E-state index is 13.4. The second kappa shape index (κ2) is 11.3. The molecule has 0 aliphatic carbocycles. The van der Waals surface area contributed by atoms with Crippen LogP contribution in [0.3, 0.4) is 0 Å². The summed E-state index contributed by atoms with van der Waals surface area (Å²) in [6, 6.07) is 20.5. The molecule has 1 unspecified atom stereocenters. The largest absolute Gasteiger partial charge is 0.487 e. The molecule has 0 amide bonds. The zero-order valence-electron chi connectivity index (χ0n) is 20.4. The van der Waals surface area contributed by atoms with Gasteiger partial charge in [0.05, 0.1) is 16.6 Å². The van der Waals surface area contributed by atoms with Crippen LogP contribution in [-0.4, -0.2) is 26.2 Å². The van der Waals surface area contributed by atoms with Gasteiger partial charge in [-0.1, -0.05) is 23.7 Å². The second-order valence-electron chi connectivity index (χ2n) is 8.69. The molecule has 38 heavy (non-hydrogen) atoms. The molecule has 5 rings (SSSR count). The van der Waals surface area contributed by atoms with Gasteiger partial charge in [0.15, 0.2) is 0 Å². The van der Waals surface area contributed by atoms with Crippen molar-refractivity contribution < 1.29 is 17.8 Å². The van der Waals surface area contributed by atoms with E-state index in [4.69, 9.17) is 26.5 Å². The quantitative estimate of drug-likeness (QED) is 0.219. The summed E-state index contributed by atoms with van der Waals surface area (Å²) in [5, 5.41) is 4.48. The average Bonchev–Trinajstić information content (AvgIpc) is 3.39. The molecule has 0 spiro atoms. The van der Waals surface area contributed by atoms with Crippen LogP contribution in [-0.2, 0) is 17.4 Å². The van der Waals surface area contributed by atoms with Crippen LogP contribution in [0.5, 0.6) is 5.75 Å². The van der Waals surface area contributed by atoms with E-state index in [2.05, 4.69) is 15.3 Å². The number of halogens is 2. The number of rotatable bonds is 9. The van der Waals surface area contributed by atoms with Crippen LogP contribution in [0.25, 0.3) is 22.2 Å². The summed E-state index contributed by atoms with van der Waals surface area (Å²) >= 11 is 6.46. The van der Waals surface area contributed by atoms with E-state index in [1.165, 1.54) is 18.5 Å². The molecule has 7 nitrogen and oxygen atoms in total. The van der Waals surface area contributed by atoms with Crippen LogP contribution in [0.15, 0.2) is 83.5 Å². The highest BCUT2D eigenvalue weighted by Crippen LogP contribution is 2.33. The van der Waals surface area contributed by atoms with Crippen LogP contribution in [0.2, 0.25) is 5.02 Å². The number of nitrogens with two attached hydrogens (primary N) is 1. The Morgan fingerprint density at radius 1 is 1.11 bits per heavy atom. The zero-order chi connectivity index (χ0) is 26.6. The third-order valence-electron chi connectivity index (χ3n) is 5.80. The van der Waals surface area contributed by atoms with Crippen LogP contribution in [0.1, 0.15) is 17.4 Å². The Bertz CT molecular complexity index is 1630. The normalized spacial score (nSPS) is 12.8. The molecule has 3 N–H and O–H groups in total. The molecule has 0 bridgehead atoms. The van der Waals surface area contributed by atoms with Gasteiger partial charge < -0.3 is 20.2 Å². The molecule has 10 heteroatoms. The maximum absolute atomic E-state index is 13.4. The molecule has 3 aromatic carbocycles. The zero-order valence-corrected chi connectivity index (χ0v) is 21.9. The van der Waals surface area contributed by atoms with E-state index in [1.807, 2.05) is 30.3 Å². The fourth-order valence-electron chi connectivity index (χ4n) is 3.97. The minimum atomic E-state index is -1.03. The molecule has 0 aliphatic heterocycles. The van der Waals surface area contributed by atoms with E-state index in [0.717, 1.165) is 16.5 Å². The molecule has 2 heterocycles. The maximum Gasteiger partial charge on any atom is 0.141 e. The Balaban J connectivity index is 1.36. The summed E-state index contributed by atoms with van der Waals surface area (Å²) < 4.78 is 36.7. The van der Waals surface area contributed by atoms with Gasteiger partial charge in [0.2, 0.25) is 0 Å². The minimum absolute atomic E-state index is 0.194. The Morgan fingerprint density at radius 3 is 2.76 bits per heavy atom. The number of hydrogen-bond acceptors (Lipinski definition) is 7. The Morgan fingerprint density at radius 2 is 1.97 bits per heavy atom. The van der Waals surface area contributed by atoms with Crippen molar-refractivity contribution in [3.63, 3.8) is 0 Å². The SMILES string of the molecule is C[S@@](=O)CC(N)c1ccc(-c2ccc3ncnc(Nc4ccc(OCc5cccc(F)c5)c(Cl)c4)c3c2)o1. The van der Waals surface area contributed by atoms with Crippen molar-refractivity contribution in [3.05, 3.63) is 101 Å². The smallest absolute Gasteiger partial charge is 0.141 e. The fourth-order valence-corrected chi connectivity index (χ4v) is 4.88. The molecular formula is C28H24ClFN4O3S. The lowest BCUT2D eigenvalue weighted by Gasteiger charge is -2.12.